The van der Waals surface area contributed by atoms with E-state index in [-0.39, 0.29) is 5.91 Å². The number of para-hydroxylation sites is 2. The van der Waals surface area contributed by atoms with Gasteiger partial charge in [0, 0.05) is 9.79 Å². The van der Waals surface area contributed by atoms with Gasteiger partial charge >= 0.3 is 0 Å². The average Bonchev–Trinajstić information content (AvgIpc) is 2.65. The lowest BCUT2D eigenvalue weighted by Gasteiger charge is -2.38. The molecule has 0 spiro atoms. The van der Waals surface area contributed by atoms with Crippen molar-refractivity contribution in [1.29, 1.82) is 0 Å². The Morgan fingerprint density at radius 1 is 0.960 bits per heavy atom. The Labute approximate surface area is 154 Å². The Balaban J connectivity index is 1.59. The normalized spacial score (nSPS) is 18.4. The number of quaternary nitrogens is 1. The minimum absolute atomic E-state index is 0.213. The van der Waals surface area contributed by atoms with Gasteiger partial charge in [0.25, 0.3) is 0 Å². The molecule has 2 aliphatic rings. The molecule has 0 aromatic heterocycles. The van der Waals surface area contributed by atoms with Crippen LogP contribution >= 0.6 is 11.8 Å². The Morgan fingerprint density at radius 3 is 2.12 bits per heavy atom. The zero-order chi connectivity index (χ0) is 17.3. The minimum atomic E-state index is 0.213. The van der Waals surface area contributed by atoms with E-state index in [2.05, 4.69) is 31.3 Å². The van der Waals surface area contributed by atoms with E-state index in [1.54, 1.807) is 11.8 Å². The first-order chi connectivity index (χ1) is 12.2. The highest BCUT2D eigenvalue weighted by Gasteiger charge is 2.31. The molecule has 0 aliphatic carbocycles. The van der Waals surface area contributed by atoms with Gasteiger partial charge in [0.1, 0.15) is 0 Å². The van der Waals surface area contributed by atoms with Crippen molar-refractivity contribution in [2.24, 2.45) is 0 Å². The van der Waals surface area contributed by atoms with E-state index in [9.17, 15) is 4.79 Å². The van der Waals surface area contributed by atoms with Crippen molar-refractivity contribution < 1.29 is 9.28 Å². The highest BCUT2D eigenvalue weighted by atomic mass is 32.2. The Morgan fingerprint density at radius 2 is 1.52 bits per heavy atom. The topological polar surface area (TPSA) is 20.3 Å². The number of fused-ring (bicyclic) bond motifs is 2. The maximum Gasteiger partial charge on any atom is 0.237 e. The molecule has 2 aliphatic heterocycles. The van der Waals surface area contributed by atoms with Gasteiger partial charge in [-0.05, 0) is 43.5 Å². The van der Waals surface area contributed by atoms with E-state index < -0.39 is 0 Å². The number of hydrogen-bond donors (Lipinski definition) is 0. The van der Waals surface area contributed by atoms with Gasteiger partial charge in [-0.25, -0.2) is 0 Å². The maximum absolute atomic E-state index is 13.2. The Kier molecular flexibility index (Phi) is 4.57. The van der Waals surface area contributed by atoms with Crippen molar-refractivity contribution in [3.63, 3.8) is 0 Å². The second-order valence-electron chi connectivity index (χ2n) is 7.37. The molecule has 2 aromatic rings. The molecular formula is C21H25N2OS+. The van der Waals surface area contributed by atoms with Gasteiger partial charge in [-0.1, -0.05) is 36.0 Å². The molecule has 130 valence electrons. The van der Waals surface area contributed by atoms with E-state index in [0.717, 1.165) is 32.2 Å². The molecular weight excluding hydrogens is 328 g/mol. The summed E-state index contributed by atoms with van der Waals surface area (Å²) in [7, 11) is 2.31. The zero-order valence-corrected chi connectivity index (χ0v) is 15.6. The van der Waals surface area contributed by atoms with Crippen molar-refractivity contribution in [3.05, 3.63) is 48.5 Å². The summed E-state index contributed by atoms with van der Waals surface area (Å²) in [5.41, 5.74) is 2.05. The molecule has 4 heteroatoms. The van der Waals surface area contributed by atoms with Crippen LogP contribution in [0.5, 0.6) is 0 Å². The molecule has 0 radical (unpaired) electrons. The monoisotopic (exact) mass is 353 g/mol. The van der Waals surface area contributed by atoms with Crippen LogP contribution in [0.1, 0.15) is 25.7 Å². The minimum Gasteiger partial charge on any atom is -0.326 e. The molecule has 0 atom stereocenters. The van der Waals surface area contributed by atoms with Gasteiger partial charge in [0.15, 0.2) is 0 Å². The number of anilines is 2. The lowest BCUT2D eigenvalue weighted by molar-refractivity contribution is -0.913. The standard InChI is InChI=1S/C21H25N2OS/c1-23(14-7-2-8-15-23)16-13-21(24)22-17-9-3-5-11-19(17)25-20-12-6-4-10-18(20)22/h3-6,9-12H,2,7-8,13-16H2,1H3/q+1. The van der Waals surface area contributed by atoms with Crippen LogP contribution in [-0.4, -0.2) is 37.1 Å². The summed E-state index contributed by atoms with van der Waals surface area (Å²) in [4.78, 5) is 17.5. The fourth-order valence-electron chi connectivity index (χ4n) is 3.95. The summed E-state index contributed by atoms with van der Waals surface area (Å²) in [5, 5.41) is 0. The first kappa shape index (κ1) is 16.7. The number of benzene rings is 2. The SMILES string of the molecule is C[N+]1(CCC(=O)N2c3ccccc3Sc3ccccc32)CCCCC1. The molecule has 1 amide bonds. The second-order valence-corrected chi connectivity index (χ2v) is 8.45. The van der Waals surface area contributed by atoms with Gasteiger partial charge in [-0.15, -0.1) is 0 Å². The van der Waals surface area contributed by atoms with Gasteiger partial charge < -0.3 is 4.48 Å². The lowest BCUT2D eigenvalue weighted by Crippen LogP contribution is -2.49. The van der Waals surface area contributed by atoms with Gasteiger partial charge in [0.05, 0.1) is 44.5 Å². The first-order valence-corrected chi connectivity index (χ1v) is 10.0. The van der Waals surface area contributed by atoms with Gasteiger partial charge in [-0.3, -0.25) is 9.69 Å². The number of rotatable bonds is 3. The Hall–Kier alpha value is -1.78. The summed E-state index contributed by atoms with van der Waals surface area (Å²) in [5.74, 6) is 0.213. The number of nitrogens with zero attached hydrogens (tertiary/aromatic N) is 2. The molecule has 0 bridgehead atoms. The Bertz CT molecular complexity index is 737. The molecule has 2 aromatic carbocycles. The molecule has 1 fully saturated rings. The van der Waals surface area contributed by atoms with E-state index in [1.165, 1.54) is 32.4 Å². The van der Waals surface area contributed by atoms with Crippen molar-refractivity contribution >= 4 is 29.0 Å². The van der Waals surface area contributed by atoms with Crippen LogP contribution in [0.15, 0.2) is 58.3 Å². The summed E-state index contributed by atoms with van der Waals surface area (Å²) in [6.07, 6.45) is 4.52. The smallest absolute Gasteiger partial charge is 0.237 e. The fraction of sp³-hybridized carbons (Fsp3) is 0.381. The third-order valence-corrected chi connectivity index (χ3v) is 6.57. The van der Waals surface area contributed by atoms with E-state index >= 15 is 0 Å². The lowest BCUT2D eigenvalue weighted by atomic mass is 10.1. The molecule has 25 heavy (non-hydrogen) atoms. The average molecular weight is 354 g/mol. The summed E-state index contributed by atoms with van der Waals surface area (Å²) < 4.78 is 1.04. The number of hydrogen-bond acceptors (Lipinski definition) is 2. The van der Waals surface area contributed by atoms with Crippen LogP contribution < -0.4 is 4.90 Å². The second kappa shape index (κ2) is 6.85. The van der Waals surface area contributed by atoms with Crippen LogP contribution in [-0.2, 0) is 4.79 Å². The summed E-state index contributed by atoms with van der Waals surface area (Å²) >= 11 is 1.75. The number of likely N-dealkylation sites (tertiary alicyclic amines) is 1. The molecule has 0 N–H and O–H groups in total. The van der Waals surface area contributed by atoms with Crippen molar-refractivity contribution in [2.75, 3.05) is 31.6 Å². The van der Waals surface area contributed by atoms with E-state index in [4.69, 9.17) is 0 Å². The van der Waals surface area contributed by atoms with Crippen LogP contribution in [0, 0.1) is 0 Å². The highest BCUT2D eigenvalue weighted by molar-refractivity contribution is 7.99. The predicted molar refractivity (Wildman–Crippen MR) is 103 cm³/mol. The molecule has 0 saturated carbocycles. The maximum atomic E-state index is 13.2. The molecule has 2 heterocycles. The first-order valence-electron chi connectivity index (χ1n) is 9.19. The van der Waals surface area contributed by atoms with Crippen LogP contribution in [0.4, 0.5) is 11.4 Å². The summed E-state index contributed by atoms with van der Waals surface area (Å²) in [6, 6.07) is 16.5. The van der Waals surface area contributed by atoms with Crippen LogP contribution in [0.25, 0.3) is 0 Å². The number of carbonyl (C=O) groups is 1. The molecule has 0 unspecified atom stereocenters. The number of amides is 1. The van der Waals surface area contributed by atoms with Crippen molar-refractivity contribution in [3.8, 4) is 0 Å². The predicted octanol–water partition coefficient (Wildman–Crippen LogP) is 4.84. The van der Waals surface area contributed by atoms with Gasteiger partial charge in [-0.2, -0.15) is 0 Å². The fourth-order valence-corrected chi connectivity index (χ4v) is 5.01. The highest BCUT2D eigenvalue weighted by Crippen LogP contribution is 2.48. The van der Waals surface area contributed by atoms with E-state index in [1.807, 2.05) is 29.2 Å². The largest absolute Gasteiger partial charge is 0.326 e. The van der Waals surface area contributed by atoms with Crippen LogP contribution in [0.2, 0.25) is 0 Å². The third kappa shape index (κ3) is 3.33. The number of piperidine rings is 1. The quantitative estimate of drug-likeness (QED) is 0.736. The summed E-state index contributed by atoms with van der Waals surface area (Å²) in [6.45, 7) is 3.35. The van der Waals surface area contributed by atoms with Crippen molar-refractivity contribution in [2.45, 2.75) is 35.5 Å². The third-order valence-electron chi connectivity index (χ3n) is 5.44. The molecule has 4 rings (SSSR count). The van der Waals surface area contributed by atoms with Gasteiger partial charge in [0.2, 0.25) is 5.91 Å². The van der Waals surface area contributed by atoms with E-state index in [0.29, 0.717) is 6.42 Å². The molecule has 1 saturated heterocycles. The van der Waals surface area contributed by atoms with Crippen LogP contribution in [0.3, 0.4) is 0 Å². The zero-order valence-electron chi connectivity index (χ0n) is 14.8. The molecule has 3 nitrogen and oxygen atoms in total. The number of carbonyl (C=O) groups excluding carboxylic acids is 1. The van der Waals surface area contributed by atoms with Crippen molar-refractivity contribution in [1.82, 2.24) is 0 Å².